The average Bonchev–Trinajstić information content (AvgIpc) is 2.93. The maximum Gasteiger partial charge on any atom is 0.167 e. The van der Waals surface area contributed by atoms with Crippen molar-refractivity contribution >= 4 is 17.0 Å². The Hall–Kier alpha value is -1.73. The molecule has 18 heavy (non-hydrogen) atoms. The number of rotatable bonds is 2. The van der Waals surface area contributed by atoms with Gasteiger partial charge in [0.2, 0.25) is 0 Å². The van der Waals surface area contributed by atoms with E-state index < -0.39 is 6.10 Å². The molecule has 0 bridgehead atoms. The minimum absolute atomic E-state index is 0.133. The summed E-state index contributed by atoms with van der Waals surface area (Å²) in [7, 11) is 0. The second-order valence-electron chi connectivity index (χ2n) is 4.42. The predicted molar refractivity (Wildman–Crippen MR) is 64.6 cm³/mol. The number of hydrogen-bond acceptors (Lipinski definition) is 6. The molecule has 7 heteroatoms. The molecule has 96 valence electrons. The van der Waals surface area contributed by atoms with Gasteiger partial charge in [0.1, 0.15) is 18.1 Å². The number of nitrogens with zero attached hydrogens (tertiary/aromatic N) is 4. The van der Waals surface area contributed by atoms with Gasteiger partial charge in [-0.25, -0.2) is 15.0 Å². The third kappa shape index (κ3) is 1.63. The zero-order valence-electron chi connectivity index (χ0n) is 10.0. The highest BCUT2D eigenvalue weighted by Gasteiger charge is 2.34. The van der Waals surface area contributed by atoms with Crippen LogP contribution in [-0.4, -0.2) is 36.8 Å². The third-order valence-electron chi connectivity index (χ3n) is 3.30. The molecule has 7 nitrogen and oxygen atoms in total. The van der Waals surface area contributed by atoms with Crippen LogP contribution in [0.25, 0.3) is 11.2 Å². The Balaban J connectivity index is 1.99. The SMILES string of the molecule is CC[C@H]1O[C@H](n2cnc3c(N)ncnc32)C[C@H]1O. The molecule has 3 rings (SSSR count). The fraction of sp³-hybridized carbons (Fsp3) is 0.545. The van der Waals surface area contributed by atoms with E-state index in [0.717, 1.165) is 6.42 Å². The van der Waals surface area contributed by atoms with Gasteiger partial charge in [-0.05, 0) is 6.42 Å². The van der Waals surface area contributed by atoms with Crippen LogP contribution in [0.1, 0.15) is 26.0 Å². The van der Waals surface area contributed by atoms with Crippen molar-refractivity contribution in [2.24, 2.45) is 0 Å². The van der Waals surface area contributed by atoms with Crippen molar-refractivity contribution < 1.29 is 9.84 Å². The van der Waals surface area contributed by atoms with Crippen LogP contribution < -0.4 is 5.73 Å². The molecule has 0 unspecified atom stereocenters. The van der Waals surface area contributed by atoms with Crippen molar-refractivity contribution in [1.82, 2.24) is 19.5 Å². The Kier molecular flexibility index (Phi) is 2.64. The van der Waals surface area contributed by atoms with Crippen molar-refractivity contribution in [1.29, 1.82) is 0 Å². The van der Waals surface area contributed by atoms with Gasteiger partial charge >= 0.3 is 0 Å². The number of ether oxygens (including phenoxy) is 1. The van der Waals surface area contributed by atoms with Crippen LogP contribution in [0.2, 0.25) is 0 Å². The van der Waals surface area contributed by atoms with Crippen molar-refractivity contribution in [2.45, 2.75) is 38.2 Å². The van der Waals surface area contributed by atoms with E-state index in [4.69, 9.17) is 10.5 Å². The molecule has 3 atom stereocenters. The van der Waals surface area contributed by atoms with Gasteiger partial charge < -0.3 is 15.6 Å². The topological polar surface area (TPSA) is 99.1 Å². The number of aromatic nitrogens is 4. The van der Waals surface area contributed by atoms with E-state index >= 15 is 0 Å². The van der Waals surface area contributed by atoms with Gasteiger partial charge in [0.05, 0.1) is 18.5 Å². The molecule has 0 aliphatic carbocycles. The van der Waals surface area contributed by atoms with Crippen molar-refractivity contribution in [3.63, 3.8) is 0 Å². The van der Waals surface area contributed by atoms with E-state index in [1.165, 1.54) is 6.33 Å². The number of nitrogen functional groups attached to an aromatic ring is 1. The summed E-state index contributed by atoms with van der Waals surface area (Å²) in [5.74, 6) is 0.351. The Bertz CT molecular complexity index is 570. The summed E-state index contributed by atoms with van der Waals surface area (Å²) < 4.78 is 7.58. The first kappa shape index (κ1) is 11.4. The summed E-state index contributed by atoms with van der Waals surface area (Å²) >= 11 is 0. The summed E-state index contributed by atoms with van der Waals surface area (Å²) in [6, 6.07) is 0. The van der Waals surface area contributed by atoms with Crippen LogP contribution in [0.4, 0.5) is 5.82 Å². The first-order chi connectivity index (χ1) is 8.70. The van der Waals surface area contributed by atoms with E-state index in [1.54, 1.807) is 10.9 Å². The standard InChI is InChI=1S/C11H15N5O2/c1-2-7-6(17)3-8(18-7)16-5-15-9-10(12)13-4-14-11(9)16/h4-8,17H,2-3H2,1H3,(H2,12,13,14)/t6-,7-,8+/m1/s1. The number of hydrogen-bond donors (Lipinski definition) is 2. The van der Waals surface area contributed by atoms with Crippen LogP contribution >= 0.6 is 0 Å². The smallest absolute Gasteiger partial charge is 0.167 e. The lowest BCUT2D eigenvalue weighted by Gasteiger charge is -2.13. The first-order valence-corrected chi connectivity index (χ1v) is 5.97. The van der Waals surface area contributed by atoms with E-state index in [-0.39, 0.29) is 12.3 Å². The minimum atomic E-state index is -0.448. The third-order valence-corrected chi connectivity index (χ3v) is 3.30. The molecule has 3 heterocycles. The highest BCUT2D eigenvalue weighted by molar-refractivity contribution is 5.81. The lowest BCUT2D eigenvalue weighted by atomic mass is 10.1. The normalized spacial score (nSPS) is 28.0. The quantitative estimate of drug-likeness (QED) is 0.802. The Morgan fingerprint density at radius 1 is 1.50 bits per heavy atom. The molecule has 0 saturated carbocycles. The molecule has 0 aromatic carbocycles. The number of nitrogens with two attached hydrogens (primary N) is 1. The van der Waals surface area contributed by atoms with Crippen LogP contribution in [0, 0.1) is 0 Å². The monoisotopic (exact) mass is 249 g/mol. The predicted octanol–water partition coefficient (Wildman–Crippen LogP) is 0.467. The van der Waals surface area contributed by atoms with Gasteiger partial charge in [-0.15, -0.1) is 0 Å². The number of anilines is 1. The molecule has 3 N–H and O–H groups in total. The molecule has 0 radical (unpaired) electrons. The average molecular weight is 249 g/mol. The van der Waals surface area contributed by atoms with Gasteiger partial charge in [0.15, 0.2) is 11.5 Å². The first-order valence-electron chi connectivity index (χ1n) is 5.97. The lowest BCUT2D eigenvalue weighted by Crippen LogP contribution is -2.19. The molecule has 2 aromatic rings. The number of fused-ring (bicyclic) bond motifs is 1. The van der Waals surface area contributed by atoms with Gasteiger partial charge in [-0.1, -0.05) is 6.92 Å². The van der Waals surface area contributed by atoms with E-state index in [2.05, 4.69) is 15.0 Å². The molecule has 1 aliphatic heterocycles. The highest BCUT2D eigenvalue weighted by Crippen LogP contribution is 2.32. The maximum atomic E-state index is 9.87. The van der Waals surface area contributed by atoms with Crippen LogP contribution in [0.5, 0.6) is 0 Å². The number of imidazole rings is 1. The molecular weight excluding hydrogens is 234 g/mol. The van der Waals surface area contributed by atoms with Crippen LogP contribution in [-0.2, 0) is 4.74 Å². The number of aliphatic hydroxyl groups is 1. The lowest BCUT2D eigenvalue weighted by molar-refractivity contribution is -0.0183. The van der Waals surface area contributed by atoms with E-state index in [9.17, 15) is 5.11 Å². The molecular formula is C11H15N5O2. The number of aliphatic hydroxyl groups excluding tert-OH is 1. The Labute approximate surface area is 104 Å². The van der Waals surface area contributed by atoms with E-state index in [1.807, 2.05) is 6.92 Å². The molecule has 0 amide bonds. The van der Waals surface area contributed by atoms with Crippen molar-refractivity contribution in [3.8, 4) is 0 Å². The van der Waals surface area contributed by atoms with Crippen LogP contribution in [0.15, 0.2) is 12.7 Å². The summed E-state index contributed by atoms with van der Waals surface area (Å²) in [5.41, 5.74) is 6.93. The Morgan fingerprint density at radius 3 is 3.06 bits per heavy atom. The second kappa shape index (κ2) is 4.18. The highest BCUT2D eigenvalue weighted by atomic mass is 16.5. The molecule has 1 fully saturated rings. The summed E-state index contributed by atoms with van der Waals surface area (Å²) in [4.78, 5) is 12.3. The van der Waals surface area contributed by atoms with Gasteiger partial charge in [-0.2, -0.15) is 0 Å². The summed E-state index contributed by atoms with van der Waals surface area (Å²) in [6.45, 7) is 1.99. The van der Waals surface area contributed by atoms with Crippen molar-refractivity contribution in [2.75, 3.05) is 5.73 Å². The zero-order chi connectivity index (χ0) is 12.7. The molecule has 1 saturated heterocycles. The van der Waals surface area contributed by atoms with Crippen molar-refractivity contribution in [3.05, 3.63) is 12.7 Å². The Morgan fingerprint density at radius 2 is 2.33 bits per heavy atom. The molecule has 2 aromatic heterocycles. The zero-order valence-corrected chi connectivity index (χ0v) is 10.0. The fourth-order valence-electron chi connectivity index (χ4n) is 2.33. The fourth-order valence-corrected chi connectivity index (χ4v) is 2.33. The summed E-state index contributed by atoms with van der Waals surface area (Å²) in [5, 5.41) is 9.87. The van der Waals surface area contributed by atoms with Gasteiger partial charge in [0, 0.05) is 6.42 Å². The second-order valence-corrected chi connectivity index (χ2v) is 4.42. The van der Waals surface area contributed by atoms with E-state index in [0.29, 0.717) is 23.4 Å². The van der Waals surface area contributed by atoms with Gasteiger partial charge in [0.25, 0.3) is 0 Å². The molecule has 1 aliphatic rings. The van der Waals surface area contributed by atoms with Crippen LogP contribution in [0.3, 0.4) is 0 Å². The minimum Gasteiger partial charge on any atom is -0.390 e. The maximum absolute atomic E-state index is 9.87. The largest absolute Gasteiger partial charge is 0.390 e. The summed E-state index contributed by atoms with van der Waals surface area (Å²) in [6.07, 6.45) is 3.52. The van der Waals surface area contributed by atoms with Gasteiger partial charge in [-0.3, -0.25) is 4.57 Å². The molecule has 0 spiro atoms.